The molecule has 1 fully saturated rings. The fourth-order valence-electron chi connectivity index (χ4n) is 2.08. The predicted octanol–water partition coefficient (Wildman–Crippen LogP) is 2.70. The summed E-state index contributed by atoms with van der Waals surface area (Å²) >= 11 is 0. The zero-order valence-corrected chi connectivity index (χ0v) is 13.0. The van der Waals surface area contributed by atoms with Crippen molar-refractivity contribution in [2.45, 2.75) is 59.5 Å². The second-order valence-corrected chi connectivity index (χ2v) is 6.02. The van der Waals surface area contributed by atoms with Crippen molar-refractivity contribution in [1.29, 1.82) is 0 Å². The Hall–Kier alpha value is -1.50. The van der Waals surface area contributed by atoms with Crippen LogP contribution in [-0.4, -0.2) is 24.1 Å². The molecule has 0 aromatic carbocycles. The fourth-order valence-corrected chi connectivity index (χ4v) is 2.08. The molecule has 112 valence electrons. The summed E-state index contributed by atoms with van der Waals surface area (Å²) < 4.78 is 10.6. The van der Waals surface area contributed by atoms with Crippen LogP contribution >= 0.6 is 0 Å². The topological polar surface area (TPSA) is 52.6 Å². The third-order valence-corrected chi connectivity index (χ3v) is 4.04. The van der Waals surface area contributed by atoms with E-state index in [0.29, 0.717) is 19.4 Å². The van der Waals surface area contributed by atoms with E-state index in [4.69, 9.17) is 9.47 Å². The van der Waals surface area contributed by atoms with Gasteiger partial charge in [0.15, 0.2) is 5.60 Å². The lowest BCUT2D eigenvalue weighted by Crippen LogP contribution is -2.45. The third kappa shape index (κ3) is 3.75. The van der Waals surface area contributed by atoms with E-state index in [1.165, 1.54) is 0 Å². The molecule has 1 heterocycles. The lowest BCUT2D eigenvalue weighted by molar-refractivity contribution is -0.174. The quantitative estimate of drug-likeness (QED) is 0.587. The van der Waals surface area contributed by atoms with Crippen molar-refractivity contribution < 1.29 is 19.1 Å². The highest BCUT2D eigenvalue weighted by atomic mass is 16.6. The van der Waals surface area contributed by atoms with Gasteiger partial charge in [-0.3, -0.25) is 9.59 Å². The molecule has 0 aromatic rings. The molecule has 0 bridgehead atoms. The first-order valence-corrected chi connectivity index (χ1v) is 7.08. The Morgan fingerprint density at radius 2 is 2.10 bits per heavy atom. The minimum absolute atomic E-state index is 0.118. The Kier molecular flexibility index (Phi) is 5.21. The molecule has 0 N–H and O–H groups in total. The molecule has 1 aliphatic rings. The normalized spacial score (nSPS) is 22.1. The molecule has 1 rings (SSSR count). The smallest absolute Gasteiger partial charge is 0.313 e. The van der Waals surface area contributed by atoms with E-state index >= 15 is 0 Å². The summed E-state index contributed by atoms with van der Waals surface area (Å²) in [7, 11) is 0. The summed E-state index contributed by atoms with van der Waals surface area (Å²) in [4.78, 5) is 23.8. The zero-order chi connectivity index (χ0) is 15.4. The van der Waals surface area contributed by atoms with Gasteiger partial charge in [-0.05, 0) is 40.5 Å². The fraction of sp³-hybridized carbons (Fsp3) is 0.750. The molecule has 4 heteroatoms. The van der Waals surface area contributed by atoms with Gasteiger partial charge >= 0.3 is 11.9 Å². The van der Waals surface area contributed by atoms with Crippen LogP contribution in [0.3, 0.4) is 0 Å². The van der Waals surface area contributed by atoms with Gasteiger partial charge in [0.05, 0.1) is 18.4 Å². The van der Waals surface area contributed by atoms with Gasteiger partial charge in [-0.25, -0.2) is 0 Å². The summed E-state index contributed by atoms with van der Waals surface area (Å²) in [6, 6.07) is 0. The number of ether oxygens (including phenoxy) is 2. The standard InChI is InChI=1S/C16H24O4/c1-6-9-16(5,12-8-10-19-13(17)11-12)20-14(18)15(3,4)7-2/h12H,7-8,10-11H2,1-5H3. The zero-order valence-electron chi connectivity index (χ0n) is 13.0. The van der Waals surface area contributed by atoms with Gasteiger partial charge in [0.25, 0.3) is 0 Å². The molecule has 1 saturated heterocycles. The van der Waals surface area contributed by atoms with Crippen LogP contribution < -0.4 is 0 Å². The number of cyclic esters (lactones) is 1. The van der Waals surface area contributed by atoms with Gasteiger partial charge in [0.1, 0.15) is 0 Å². The first-order valence-electron chi connectivity index (χ1n) is 7.08. The van der Waals surface area contributed by atoms with Crippen molar-refractivity contribution in [2.75, 3.05) is 6.61 Å². The van der Waals surface area contributed by atoms with Crippen LogP contribution in [0.15, 0.2) is 0 Å². The van der Waals surface area contributed by atoms with Crippen LogP contribution in [0.2, 0.25) is 0 Å². The SMILES string of the molecule is CC#CC(C)(OC(=O)C(C)(C)CC)C1CCOC(=O)C1. The van der Waals surface area contributed by atoms with Gasteiger partial charge in [0, 0.05) is 5.92 Å². The van der Waals surface area contributed by atoms with E-state index in [1.54, 1.807) is 13.8 Å². The van der Waals surface area contributed by atoms with E-state index in [1.807, 2.05) is 20.8 Å². The van der Waals surface area contributed by atoms with Crippen LogP contribution in [0.1, 0.15) is 53.9 Å². The first kappa shape index (κ1) is 16.6. The second-order valence-electron chi connectivity index (χ2n) is 6.02. The van der Waals surface area contributed by atoms with E-state index < -0.39 is 11.0 Å². The molecule has 0 aliphatic carbocycles. The van der Waals surface area contributed by atoms with Crippen molar-refractivity contribution in [3.05, 3.63) is 0 Å². The third-order valence-electron chi connectivity index (χ3n) is 4.04. The summed E-state index contributed by atoms with van der Waals surface area (Å²) in [6.07, 6.45) is 1.59. The van der Waals surface area contributed by atoms with Crippen LogP contribution in [0.5, 0.6) is 0 Å². The monoisotopic (exact) mass is 280 g/mol. The molecule has 0 aromatic heterocycles. The minimum Gasteiger partial charge on any atom is -0.466 e. The maximum absolute atomic E-state index is 12.3. The lowest BCUT2D eigenvalue weighted by atomic mass is 9.82. The van der Waals surface area contributed by atoms with Gasteiger partial charge in [0.2, 0.25) is 0 Å². The van der Waals surface area contributed by atoms with Crippen molar-refractivity contribution in [3.63, 3.8) is 0 Å². The van der Waals surface area contributed by atoms with Crippen LogP contribution in [-0.2, 0) is 19.1 Å². The average molecular weight is 280 g/mol. The molecule has 2 atom stereocenters. The maximum atomic E-state index is 12.3. The van der Waals surface area contributed by atoms with Gasteiger partial charge in [-0.2, -0.15) is 0 Å². The number of rotatable bonds is 4. The van der Waals surface area contributed by atoms with Crippen LogP contribution in [0, 0.1) is 23.2 Å². The number of carbonyl (C=O) groups excluding carboxylic acids is 2. The van der Waals surface area contributed by atoms with Crippen molar-refractivity contribution in [2.24, 2.45) is 11.3 Å². The van der Waals surface area contributed by atoms with Crippen molar-refractivity contribution in [3.8, 4) is 11.8 Å². The molecule has 20 heavy (non-hydrogen) atoms. The predicted molar refractivity (Wildman–Crippen MR) is 75.7 cm³/mol. The van der Waals surface area contributed by atoms with Gasteiger partial charge in [-0.1, -0.05) is 12.8 Å². The lowest BCUT2D eigenvalue weighted by Gasteiger charge is -2.36. The molecule has 4 nitrogen and oxygen atoms in total. The molecule has 1 aliphatic heterocycles. The van der Waals surface area contributed by atoms with E-state index in [2.05, 4.69) is 11.8 Å². The van der Waals surface area contributed by atoms with Crippen LogP contribution in [0.4, 0.5) is 0 Å². The summed E-state index contributed by atoms with van der Waals surface area (Å²) in [5.74, 6) is 5.15. The molecular weight excluding hydrogens is 256 g/mol. The molecule has 0 radical (unpaired) electrons. The van der Waals surface area contributed by atoms with E-state index in [0.717, 1.165) is 0 Å². The minimum atomic E-state index is -0.933. The number of hydrogen-bond acceptors (Lipinski definition) is 4. The Morgan fingerprint density at radius 3 is 2.60 bits per heavy atom. The Balaban J connectivity index is 2.94. The highest BCUT2D eigenvalue weighted by Gasteiger charge is 2.42. The maximum Gasteiger partial charge on any atom is 0.313 e. The molecule has 0 spiro atoms. The van der Waals surface area contributed by atoms with Crippen molar-refractivity contribution in [1.82, 2.24) is 0 Å². The molecule has 0 amide bonds. The van der Waals surface area contributed by atoms with Gasteiger partial charge < -0.3 is 9.47 Å². The summed E-state index contributed by atoms with van der Waals surface area (Å²) in [5.41, 5.74) is -1.48. The summed E-state index contributed by atoms with van der Waals surface area (Å²) in [6.45, 7) is 9.50. The van der Waals surface area contributed by atoms with E-state index in [-0.39, 0.29) is 24.3 Å². The Morgan fingerprint density at radius 1 is 1.45 bits per heavy atom. The number of esters is 2. The highest BCUT2D eigenvalue weighted by Crippen LogP contribution is 2.33. The Bertz CT molecular complexity index is 441. The van der Waals surface area contributed by atoms with Gasteiger partial charge in [-0.15, -0.1) is 5.92 Å². The Labute approximate surface area is 121 Å². The first-order chi connectivity index (χ1) is 9.25. The molecule has 0 saturated carbocycles. The highest BCUT2D eigenvalue weighted by molar-refractivity contribution is 5.77. The number of carbonyl (C=O) groups is 2. The second kappa shape index (κ2) is 6.30. The van der Waals surface area contributed by atoms with Crippen LogP contribution in [0.25, 0.3) is 0 Å². The molecular formula is C16H24O4. The molecule has 2 unspecified atom stereocenters. The van der Waals surface area contributed by atoms with E-state index in [9.17, 15) is 9.59 Å². The largest absolute Gasteiger partial charge is 0.466 e. The van der Waals surface area contributed by atoms with Crippen molar-refractivity contribution >= 4 is 11.9 Å². The summed E-state index contributed by atoms with van der Waals surface area (Å²) in [5, 5.41) is 0. The number of hydrogen-bond donors (Lipinski definition) is 0. The average Bonchev–Trinajstić information content (AvgIpc) is 2.38.